The summed E-state index contributed by atoms with van der Waals surface area (Å²) in [6, 6.07) is -0.434. The van der Waals surface area contributed by atoms with Gasteiger partial charge in [-0.3, -0.25) is 4.90 Å². The molecule has 1 aliphatic heterocycles. The molecule has 21 heavy (non-hydrogen) atoms. The molecule has 5 nitrogen and oxygen atoms in total. The van der Waals surface area contributed by atoms with Crippen LogP contribution < -0.4 is 5.32 Å². The summed E-state index contributed by atoms with van der Waals surface area (Å²) in [6.07, 6.45) is -5.33. The molecule has 0 aromatic heterocycles. The third-order valence-corrected chi connectivity index (χ3v) is 2.88. The zero-order valence-corrected chi connectivity index (χ0v) is 12.8. The second kappa shape index (κ2) is 6.83. The molecule has 1 N–H and O–H groups in total. The van der Waals surface area contributed by atoms with Gasteiger partial charge in [-0.1, -0.05) is 0 Å². The van der Waals surface area contributed by atoms with E-state index in [9.17, 15) is 18.0 Å². The number of carbonyl (C=O) groups excluding carboxylic acids is 1. The molecule has 1 rings (SSSR count). The Balaban J connectivity index is 2.46. The quantitative estimate of drug-likeness (QED) is 0.868. The van der Waals surface area contributed by atoms with Crippen LogP contribution >= 0.6 is 0 Å². The number of carbonyl (C=O) groups is 1. The molecule has 1 fully saturated rings. The van der Waals surface area contributed by atoms with Crippen LogP contribution in [0.2, 0.25) is 0 Å². The van der Waals surface area contributed by atoms with Gasteiger partial charge in [-0.25, -0.2) is 4.79 Å². The van der Waals surface area contributed by atoms with E-state index in [0.717, 1.165) is 0 Å². The molecule has 1 amide bonds. The largest absolute Gasteiger partial charge is 0.444 e. The van der Waals surface area contributed by atoms with E-state index < -0.39 is 36.6 Å². The first kappa shape index (κ1) is 18.0. The number of morpholine rings is 1. The van der Waals surface area contributed by atoms with E-state index in [4.69, 9.17) is 9.47 Å². The topological polar surface area (TPSA) is 50.8 Å². The molecule has 0 bridgehead atoms. The van der Waals surface area contributed by atoms with Gasteiger partial charge in [0.2, 0.25) is 0 Å². The summed E-state index contributed by atoms with van der Waals surface area (Å²) in [5.41, 5.74) is -0.625. The molecule has 0 aromatic carbocycles. The molecular formula is C13H23F3N2O3. The van der Waals surface area contributed by atoms with Gasteiger partial charge in [0.25, 0.3) is 0 Å². The Labute approximate surface area is 122 Å². The van der Waals surface area contributed by atoms with Gasteiger partial charge < -0.3 is 14.8 Å². The number of nitrogens with one attached hydrogen (secondary N) is 1. The molecule has 1 heterocycles. The average molecular weight is 312 g/mol. The van der Waals surface area contributed by atoms with Crippen molar-refractivity contribution in [3.63, 3.8) is 0 Å². The first-order chi connectivity index (χ1) is 9.46. The Morgan fingerprint density at radius 1 is 1.43 bits per heavy atom. The Kier molecular flexibility index (Phi) is 5.86. The van der Waals surface area contributed by atoms with Gasteiger partial charge in [0.15, 0.2) is 0 Å². The van der Waals surface area contributed by atoms with Crippen molar-refractivity contribution >= 4 is 6.09 Å². The highest BCUT2D eigenvalue weighted by atomic mass is 19.4. The van der Waals surface area contributed by atoms with Gasteiger partial charge in [-0.2, -0.15) is 13.2 Å². The zero-order valence-electron chi connectivity index (χ0n) is 12.8. The van der Waals surface area contributed by atoms with Crippen LogP contribution in [0.4, 0.5) is 18.0 Å². The highest BCUT2D eigenvalue weighted by Gasteiger charge is 2.35. The summed E-state index contributed by atoms with van der Waals surface area (Å²) in [5, 5.41) is 2.60. The zero-order chi connectivity index (χ0) is 16.3. The average Bonchev–Trinajstić information content (AvgIpc) is 2.23. The maximum atomic E-state index is 12.4. The molecule has 2 atom stereocenters. The highest BCUT2D eigenvalue weighted by molar-refractivity contribution is 5.68. The second-order valence-corrected chi connectivity index (χ2v) is 6.19. The predicted octanol–water partition coefficient (Wildman–Crippen LogP) is 2.16. The van der Waals surface area contributed by atoms with Crippen molar-refractivity contribution in [1.82, 2.24) is 10.2 Å². The normalized spacial score (nSPS) is 22.7. The lowest BCUT2D eigenvalue weighted by Crippen LogP contribution is -2.54. The predicted molar refractivity (Wildman–Crippen MR) is 71.1 cm³/mol. The third-order valence-electron chi connectivity index (χ3n) is 2.88. The minimum absolute atomic E-state index is 0.122. The van der Waals surface area contributed by atoms with Gasteiger partial charge >= 0.3 is 12.3 Å². The van der Waals surface area contributed by atoms with Crippen LogP contribution in [0, 0.1) is 0 Å². The standard InChI is InChI=1S/C13H23F3N2O3/c1-9(17-11(19)21-12(2,3)4)10-7-18(5-6-20-10)8-13(14,15)16/h9-10H,5-8H2,1-4H3,(H,17,19)/t9-,10+/m0/s1. The Morgan fingerprint density at radius 3 is 2.57 bits per heavy atom. The lowest BCUT2D eigenvalue weighted by atomic mass is 10.1. The van der Waals surface area contributed by atoms with Crippen LogP contribution in [0.3, 0.4) is 0 Å². The maximum absolute atomic E-state index is 12.4. The number of ether oxygens (including phenoxy) is 2. The summed E-state index contributed by atoms with van der Waals surface area (Å²) >= 11 is 0. The molecule has 0 saturated carbocycles. The number of nitrogens with zero attached hydrogens (tertiary/aromatic N) is 1. The van der Waals surface area contributed by atoms with Crippen LogP contribution in [-0.4, -0.2) is 61.2 Å². The summed E-state index contributed by atoms with van der Waals surface area (Å²) in [6.45, 7) is 6.49. The fourth-order valence-corrected chi connectivity index (χ4v) is 2.02. The van der Waals surface area contributed by atoms with Crippen LogP contribution in [0.15, 0.2) is 0 Å². The van der Waals surface area contributed by atoms with Crippen molar-refractivity contribution in [3.8, 4) is 0 Å². The van der Waals surface area contributed by atoms with Crippen molar-refractivity contribution in [2.75, 3.05) is 26.2 Å². The molecule has 0 radical (unpaired) electrons. The summed E-state index contributed by atoms with van der Waals surface area (Å²) < 4.78 is 47.7. The fourth-order valence-electron chi connectivity index (χ4n) is 2.02. The van der Waals surface area contributed by atoms with Gasteiger partial charge in [-0.15, -0.1) is 0 Å². The number of alkyl halides is 3. The summed E-state index contributed by atoms with van der Waals surface area (Å²) in [7, 11) is 0. The third kappa shape index (κ3) is 7.52. The molecular weight excluding hydrogens is 289 g/mol. The van der Waals surface area contributed by atoms with Crippen molar-refractivity contribution in [2.24, 2.45) is 0 Å². The Morgan fingerprint density at radius 2 is 2.05 bits per heavy atom. The van der Waals surface area contributed by atoms with E-state index in [1.54, 1.807) is 27.7 Å². The second-order valence-electron chi connectivity index (χ2n) is 6.19. The van der Waals surface area contributed by atoms with E-state index in [2.05, 4.69) is 5.32 Å². The lowest BCUT2D eigenvalue weighted by molar-refractivity contribution is -0.160. The molecule has 0 aromatic rings. The van der Waals surface area contributed by atoms with Gasteiger partial charge in [0.1, 0.15) is 5.60 Å². The van der Waals surface area contributed by atoms with Crippen molar-refractivity contribution in [1.29, 1.82) is 0 Å². The number of halogens is 3. The van der Waals surface area contributed by atoms with E-state index >= 15 is 0 Å². The molecule has 0 unspecified atom stereocenters. The lowest BCUT2D eigenvalue weighted by Gasteiger charge is -2.36. The first-order valence-corrected chi connectivity index (χ1v) is 6.86. The van der Waals surface area contributed by atoms with Gasteiger partial charge in [-0.05, 0) is 27.7 Å². The summed E-state index contributed by atoms with van der Waals surface area (Å²) in [4.78, 5) is 12.9. The number of hydrogen-bond donors (Lipinski definition) is 1. The fraction of sp³-hybridized carbons (Fsp3) is 0.923. The van der Waals surface area contributed by atoms with Crippen LogP contribution in [0.5, 0.6) is 0 Å². The first-order valence-electron chi connectivity index (χ1n) is 6.86. The van der Waals surface area contributed by atoms with Gasteiger partial charge in [0.05, 0.1) is 25.3 Å². The molecule has 1 saturated heterocycles. The number of amides is 1. The molecule has 0 spiro atoms. The maximum Gasteiger partial charge on any atom is 0.407 e. The van der Waals surface area contributed by atoms with Crippen molar-refractivity contribution in [2.45, 2.75) is 51.6 Å². The van der Waals surface area contributed by atoms with E-state index in [0.29, 0.717) is 0 Å². The highest BCUT2D eigenvalue weighted by Crippen LogP contribution is 2.19. The van der Waals surface area contributed by atoms with Crippen molar-refractivity contribution in [3.05, 3.63) is 0 Å². The van der Waals surface area contributed by atoms with E-state index in [1.165, 1.54) is 4.90 Å². The molecule has 8 heteroatoms. The number of alkyl carbamates (subject to hydrolysis) is 1. The number of hydrogen-bond acceptors (Lipinski definition) is 4. The van der Waals surface area contributed by atoms with Gasteiger partial charge in [0, 0.05) is 13.1 Å². The Bertz CT molecular complexity index is 356. The Hall–Kier alpha value is -1.02. The minimum Gasteiger partial charge on any atom is -0.444 e. The molecule has 0 aliphatic carbocycles. The van der Waals surface area contributed by atoms with Crippen LogP contribution in [0.25, 0.3) is 0 Å². The molecule has 1 aliphatic rings. The molecule has 124 valence electrons. The van der Waals surface area contributed by atoms with Crippen LogP contribution in [0.1, 0.15) is 27.7 Å². The van der Waals surface area contributed by atoms with E-state index in [1.807, 2.05) is 0 Å². The minimum atomic E-state index is -4.23. The SMILES string of the molecule is C[C@H](NC(=O)OC(C)(C)C)[C@H]1CN(CC(F)(F)F)CCO1. The van der Waals surface area contributed by atoms with E-state index in [-0.39, 0.29) is 19.7 Å². The van der Waals surface area contributed by atoms with Crippen LogP contribution in [-0.2, 0) is 9.47 Å². The summed E-state index contributed by atoms with van der Waals surface area (Å²) in [5.74, 6) is 0. The monoisotopic (exact) mass is 312 g/mol. The smallest absolute Gasteiger partial charge is 0.407 e. The van der Waals surface area contributed by atoms with Crippen molar-refractivity contribution < 1.29 is 27.4 Å². The number of rotatable bonds is 3.